The number of hydrogen-bond donors (Lipinski definition) is 0. The molecule has 0 aliphatic carbocycles. The maximum Gasteiger partial charge on any atom is 0.255 e. The molecule has 0 saturated carbocycles. The SMILES string of the molecule is COc1cc(OC)cc(C(=O)N2CCCCC2C#N)c1. The van der Waals surface area contributed by atoms with Crippen LogP contribution in [0, 0.1) is 11.3 Å². The van der Waals surface area contributed by atoms with E-state index in [0.717, 1.165) is 19.3 Å². The Labute approximate surface area is 118 Å². The molecule has 1 amide bonds. The molecule has 1 saturated heterocycles. The second-order valence-corrected chi connectivity index (χ2v) is 4.74. The van der Waals surface area contributed by atoms with Crippen LogP contribution < -0.4 is 9.47 Å². The van der Waals surface area contributed by atoms with Gasteiger partial charge in [-0.1, -0.05) is 0 Å². The number of nitrogens with zero attached hydrogens (tertiary/aromatic N) is 2. The van der Waals surface area contributed by atoms with Gasteiger partial charge in [-0.2, -0.15) is 5.26 Å². The minimum Gasteiger partial charge on any atom is -0.497 e. The second-order valence-electron chi connectivity index (χ2n) is 4.74. The molecule has 1 aliphatic heterocycles. The van der Waals surface area contributed by atoms with E-state index in [-0.39, 0.29) is 11.9 Å². The van der Waals surface area contributed by atoms with Gasteiger partial charge in [0.05, 0.1) is 20.3 Å². The summed E-state index contributed by atoms with van der Waals surface area (Å²) in [5, 5.41) is 9.17. The number of nitriles is 1. The van der Waals surface area contributed by atoms with Crippen molar-refractivity contribution in [3.05, 3.63) is 23.8 Å². The molecule has 1 aromatic carbocycles. The van der Waals surface area contributed by atoms with Crippen LogP contribution in [0.1, 0.15) is 29.6 Å². The zero-order valence-electron chi connectivity index (χ0n) is 11.8. The first-order valence-corrected chi connectivity index (χ1v) is 6.63. The summed E-state index contributed by atoms with van der Waals surface area (Å²) in [6.07, 6.45) is 2.66. The number of amides is 1. The van der Waals surface area contributed by atoms with Crippen LogP contribution in [0.2, 0.25) is 0 Å². The van der Waals surface area contributed by atoms with Crippen molar-refractivity contribution >= 4 is 5.91 Å². The van der Waals surface area contributed by atoms with Crippen molar-refractivity contribution in [2.75, 3.05) is 20.8 Å². The fraction of sp³-hybridized carbons (Fsp3) is 0.467. The molecule has 1 aromatic rings. The molecule has 5 heteroatoms. The van der Waals surface area contributed by atoms with Crippen molar-refractivity contribution in [3.8, 4) is 17.6 Å². The minimum atomic E-state index is -0.339. The van der Waals surface area contributed by atoms with E-state index in [1.807, 2.05) is 0 Å². The molecule has 106 valence electrons. The predicted molar refractivity (Wildman–Crippen MR) is 73.8 cm³/mol. The first-order chi connectivity index (χ1) is 9.69. The summed E-state index contributed by atoms with van der Waals surface area (Å²) in [7, 11) is 3.09. The van der Waals surface area contributed by atoms with E-state index in [0.29, 0.717) is 23.6 Å². The van der Waals surface area contributed by atoms with Gasteiger partial charge in [0.1, 0.15) is 17.5 Å². The van der Waals surface area contributed by atoms with Gasteiger partial charge in [-0.25, -0.2) is 0 Å². The Morgan fingerprint density at radius 3 is 2.45 bits per heavy atom. The molecule has 0 aromatic heterocycles. The Kier molecular flexibility index (Phi) is 4.46. The number of piperidine rings is 1. The fourth-order valence-electron chi connectivity index (χ4n) is 2.41. The molecule has 1 heterocycles. The summed E-state index contributed by atoms with van der Waals surface area (Å²) >= 11 is 0. The van der Waals surface area contributed by atoms with Gasteiger partial charge in [-0.3, -0.25) is 4.79 Å². The number of ether oxygens (including phenoxy) is 2. The lowest BCUT2D eigenvalue weighted by atomic mass is 10.0. The molecule has 2 rings (SSSR count). The lowest BCUT2D eigenvalue weighted by Crippen LogP contribution is -2.42. The van der Waals surface area contributed by atoms with Crippen molar-refractivity contribution in [2.45, 2.75) is 25.3 Å². The van der Waals surface area contributed by atoms with Gasteiger partial charge >= 0.3 is 0 Å². The molecule has 1 aliphatic rings. The maximum absolute atomic E-state index is 12.6. The summed E-state index contributed by atoms with van der Waals surface area (Å²) in [6.45, 7) is 0.622. The maximum atomic E-state index is 12.6. The van der Waals surface area contributed by atoms with E-state index in [2.05, 4.69) is 6.07 Å². The van der Waals surface area contributed by atoms with Gasteiger partial charge in [0.2, 0.25) is 0 Å². The standard InChI is InChI=1S/C15H18N2O3/c1-19-13-7-11(8-14(9-13)20-2)15(18)17-6-4-3-5-12(17)10-16/h7-9,12H,3-6H2,1-2H3. The van der Waals surface area contributed by atoms with Crippen LogP contribution in [0.15, 0.2) is 18.2 Å². The van der Waals surface area contributed by atoms with Crippen molar-refractivity contribution in [1.29, 1.82) is 5.26 Å². The number of rotatable bonds is 3. The van der Waals surface area contributed by atoms with E-state index in [1.165, 1.54) is 0 Å². The van der Waals surface area contributed by atoms with Crippen LogP contribution in [-0.2, 0) is 0 Å². The highest BCUT2D eigenvalue weighted by atomic mass is 16.5. The van der Waals surface area contributed by atoms with Crippen molar-refractivity contribution in [3.63, 3.8) is 0 Å². The molecule has 1 atom stereocenters. The third kappa shape index (κ3) is 2.85. The van der Waals surface area contributed by atoms with Crippen LogP contribution in [0.5, 0.6) is 11.5 Å². The zero-order valence-corrected chi connectivity index (χ0v) is 11.8. The average molecular weight is 274 g/mol. The number of hydrogen-bond acceptors (Lipinski definition) is 4. The van der Waals surface area contributed by atoms with Crippen LogP contribution in [0.3, 0.4) is 0 Å². The number of carbonyl (C=O) groups is 1. The van der Waals surface area contributed by atoms with E-state index < -0.39 is 0 Å². The van der Waals surface area contributed by atoms with Gasteiger partial charge in [0.25, 0.3) is 5.91 Å². The highest BCUT2D eigenvalue weighted by molar-refractivity contribution is 5.95. The number of benzene rings is 1. The summed E-state index contributed by atoms with van der Waals surface area (Å²) in [5.41, 5.74) is 0.489. The van der Waals surface area contributed by atoms with Crippen molar-refractivity contribution in [2.24, 2.45) is 0 Å². The summed E-state index contributed by atoms with van der Waals surface area (Å²) < 4.78 is 10.3. The number of methoxy groups -OCH3 is 2. The minimum absolute atomic E-state index is 0.145. The quantitative estimate of drug-likeness (QED) is 0.848. The van der Waals surface area contributed by atoms with E-state index in [4.69, 9.17) is 14.7 Å². The molecule has 1 unspecified atom stereocenters. The van der Waals surface area contributed by atoms with Crippen molar-refractivity contribution in [1.82, 2.24) is 4.90 Å². The van der Waals surface area contributed by atoms with E-state index >= 15 is 0 Å². The second kappa shape index (κ2) is 6.29. The predicted octanol–water partition coefficient (Wildman–Crippen LogP) is 2.22. The summed E-state index contributed by atoms with van der Waals surface area (Å²) in [6, 6.07) is 6.93. The highest BCUT2D eigenvalue weighted by Crippen LogP contribution is 2.25. The first kappa shape index (κ1) is 14.2. The first-order valence-electron chi connectivity index (χ1n) is 6.63. The molecule has 5 nitrogen and oxygen atoms in total. The normalized spacial score (nSPS) is 18.2. The van der Waals surface area contributed by atoms with Gasteiger partial charge in [-0.15, -0.1) is 0 Å². The Morgan fingerprint density at radius 2 is 1.90 bits per heavy atom. The summed E-state index contributed by atoms with van der Waals surface area (Å²) in [4.78, 5) is 14.2. The van der Waals surface area contributed by atoms with Gasteiger partial charge in [0, 0.05) is 18.2 Å². The third-order valence-electron chi connectivity index (χ3n) is 3.51. The topological polar surface area (TPSA) is 62.6 Å². The van der Waals surface area contributed by atoms with E-state index in [9.17, 15) is 4.79 Å². The molecular formula is C15H18N2O3. The monoisotopic (exact) mass is 274 g/mol. The molecule has 1 fully saturated rings. The number of likely N-dealkylation sites (tertiary alicyclic amines) is 1. The van der Waals surface area contributed by atoms with Crippen LogP contribution in [0.4, 0.5) is 0 Å². The van der Waals surface area contributed by atoms with Crippen LogP contribution >= 0.6 is 0 Å². The highest BCUT2D eigenvalue weighted by Gasteiger charge is 2.27. The number of carbonyl (C=O) groups excluding carboxylic acids is 1. The molecule has 0 radical (unpaired) electrons. The Hall–Kier alpha value is -2.22. The van der Waals surface area contributed by atoms with Crippen molar-refractivity contribution < 1.29 is 14.3 Å². The zero-order chi connectivity index (χ0) is 14.5. The van der Waals surface area contributed by atoms with Gasteiger partial charge in [-0.05, 0) is 31.4 Å². The van der Waals surface area contributed by atoms with E-state index in [1.54, 1.807) is 37.3 Å². The fourth-order valence-corrected chi connectivity index (χ4v) is 2.41. The average Bonchev–Trinajstić information content (AvgIpc) is 2.53. The van der Waals surface area contributed by atoms with Crippen LogP contribution in [0.25, 0.3) is 0 Å². The third-order valence-corrected chi connectivity index (χ3v) is 3.51. The van der Waals surface area contributed by atoms with Gasteiger partial charge < -0.3 is 14.4 Å². The van der Waals surface area contributed by atoms with Crippen LogP contribution in [-0.4, -0.2) is 37.6 Å². The molecule has 0 spiro atoms. The Bertz CT molecular complexity index is 514. The lowest BCUT2D eigenvalue weighted by Gasteiger charge is -2.31. The Morgan fingerprint density at radius 1 is 1.25 bits per heavy atom. The smallest absolute Gasteiger partial charge is 0.255 e. The largest absolute Gasteiger partial charge is 0.497 e. The lowest BCUT2D eigenvalue weighted by molar-refractivity contribution is 0.0670. The molecule has 20 heavy (non-hydrogen) atoms. The molecular weight excluding hydrogens is 256 g/mol. The summed E-state index contributed by atoms with van der Waals surface area (Å²) in [5.74, 6) is 0.991. The van der Waals surface area contributed by atoms with Gasteiger partial charge in [0.15, 0.2) is 0 Å². The molecule has 0 bridgehead atoms. The Balaban J connectivity index is 2.30. The molecule has 0 N–H and O–H groups in total.